The van der Waals surface area contributed by atoms with Crippen LogP contribution in [0.3, 0.4) is 0 Å². The summed E-state index contributed by atoms with van der Waals surface area (Å²) in [5, 5.41) is 8.88. The summed E-state index contributed by atoms with van der Waals surface area (Å²) in [6.07, 6.45) is -3.42. The number of pyridine rings is 1. The van der Waals surface area contributed by atoms with Crippen molar-refractivity contribution in [3.63, 3.8) is 0 Å². The van der Waals surface area contributed by atoms with Crippen LogP contribution in [0.4, 0.5) is 19.0 Å². The van der Waals surface area contributed by atoms with Crippen LogP contribution in [0.1, 0.15) is 12.0 Å². The Balaban J connectivity index is 2.26. The molecule has 0 amide bonds. The zero-order valence-electron chi connectivity index (χ0n) is 10.4. The summed E-state index contributed by atoms with van der Waals surface area (Å²) in [6, 6.07) is 1.56. The minimum Gasteiger partial charge on any atom is -0.481 e. The van der Waals surface area contributed by atoms with Crippen LogP contribution in [0.5, 0.6) is 0 Å². The van der Waals surface area contributed by atoms with Gasteiger partial charge in [-0.2, -0.15) is 24.9 Å². The number of alkyl halides is 3. The maximum absolute atomic E-state index is 12.7. The van der Waals surface area contributed by atoms with Gasteiger partial charge in [0.25, 0.3) is 0 Å². The number of rotatable bonds is 3. The third-order valence-corrected chi connectivity index (χ3v) is 4.10. The van der Waals surface area contributed by atoms with E-state index in [1.54, 1.807) is 16.7 Å². The van der Waals surface area contributed by atoms with E-state index in [2.05, 4.69) is 4.98 Å². The molecule has 8 heteroatoms. The second-order valence-electron chi connectivity index (χ2n) is 4.42. The molecule has 110 valence electrons. The molecule has 1 N–H and O–H groups in total. The van der Waals surface area contributed by atoms with E-state index in [0.29, 0.717) is 12.3 Å². The highest BCUT2D eigenvalue weighted by molar-refractivity contribution is 7.99. The molecule has 0 aromatic carbocycles. The van der Waals surface area contributed by atoms with Crippen LogP contribution < -0.4 is 4.90 Å². The number of hydrogen-bond acceptors (Lipinski definition) is 4. The van der Waals surface area contributed by atoms with Crippen LogP contribution in [-0.4, -0.2) is 40.2 Å². The molecular weight excluding hydrogens is 293 g/mol. The van der Waals surface area contributed by atoms with Crippen LogP contribution in [0.25, 0.3) is 0 Å². The first kappa shape index (κ1) is 15.0. The second-order valence-corrected chi connectivity index (χ2v) is 5.57. The van der Waals surface area contributed by atoms with Gasteiger partial charge < -0.3 is 10.0 Å². The number of aromatic nitrogens is 1. The lowest BCUT2D eigenvalue weighted by Gasteiger charge is -2.35. The average molecular weight is 306 g/mol. The molecule has 0 spiro atoms. The van der Waals surface area contributed by atoms with Crippen molar-refractivity contribution < 1.29 is 23.1 Å². The van der Waals surface area contributed by atoms with Crippen molar-refractivity contribution in [3.8, 4) is 0 Å². The Kier molecular flexibility index (Phi) is 4.42. The molecule has 1 aliphatic rings. The fraction of sp³-hybridized carbons (Fsp3) is 0.500. The number of nitrogens with zero attached hydrogens (tertiary/aromatic N) is 2. The number of hydrogen-bond donors (Lipinski definition) is 1. The number of halogens is 3. The highest BCUT2D eigenvalue weighted by Crippen LogP contribution is 2.32. The minimum absolute atomic E-state index is 0.106. The van der Waals surface area contributed by atoms with Crippen LogP contribution in [-0.2, 0) is 11.0 Å². The van der Waals surface area contributed by atoms with Gasteiger partial charge in [-0.15, -0.1) is 0 Å². The summed E-state index contributed by atoms with van der Waals surface area (Å²) in [7, 11) is 0. The predicted molar refractivity (Wildman–Crippen MR) is 70.0 cm³/mol. The van der Waals surface area contributed by atoms with Gasteiger partial charge in [0, 0.05) is 30.3 Å². The number of anilines is 1. The van der Waals surface area contributed by atoms with E-state index >= 15 is 0 Å². The molecule has 1 aromatic rings. The zero-order valence-corrected chi connectivity index (χ0v) is 11.2. The molecule has 1 saturated heterocycles. The van der Waals surface area contributed by atoms with Crippen LogP contribution in [0.2, 0.25) is 0 Å². The molecule has 4 nitrogen and oxygen atoms in total. The van der Waals surface area contributed by atoms with E-state index in [1.807, 2.05) is 0 Å². The fourth-order valence-corrected chi connectivity index (χ4v) is 3.14. The van der Waals surface area contributed by atoms with Crippen molar-refractivity contribution in [2.24, 2.45) is 0 Å². The van der Waals surface area contributed by atoms with Gasteiger partial charge >= 0.3 is 12.1 Å². The number of carboxylic acids is 1. The lowest BCUT2D eigenvalue weighted by molar-refractivity contribution is -0.138. The SMILES string of the molecule is O=C(O)CC1CSCCN1c1cc(C(F)(F)F)ccn1. The van der Waals surface area contributed by atoms with E-state index in [1.165, 1.54) is 0 Å². The van der Waals surface area contributed by atoms with Gasteiger partial charge in [0.15, 0.2) is 0 Å². The summed E-state index contributed by atoms with van der Waals surface area (Å²) in [6.45, 7) is 0.497. The number of aliphatic carboxylic acids is 1. The van der Waals surface area contributed by atoms with Gasteiger partial charge in [0.05, 0.1) is 12.0 Å². The third kappa shape index (κ3) is 3.56. The Hall–Kier alpha value is -1.44. The fourth-order valence-electron chi connectivity index (χ4n) is 2.08. The predicted octanol–water partition coefficient (Wildman–Crippen LogP) is 2.50. The first-order valence-corrected chi connectivity index (χ1v) is 7.13. The van der Waals surface area contributed by atoms with Crippen molar-refractivity contribution in [3.05, 3.63) is 23.9 Å². The number of carbonyl (C=O) groups is 1. The van der Waals surface area contributed by atoms with Crippen molar-refractivity contribution in [2.75, 3.05) is 23.0 Å². The van der Waals surface area contributed by atoms with Crippen molar-refractivity contribution in [2.45, 2.75) is 18.6 Å². The largest absolute Gasteiger partial charge is 0.481 e. The van der Waals surface area contributed by atoms with Gasteiger partial charge in [-0.1, -0.05) is 0 Å². The quantitative estimate of drug-likeness (QED) is 0.930. The zero-order chi connectivity index (χ0) is 14.8. The topological polar surface area (TPSA) is 53.4 Å². The molecule has 20 heavy (non-hydrogen) atoms. The van der Waals surface area contributed by atoms with E-state index in [0.717, 1.165) is 24.1 Å². The Labute approximate surface area is 118 Å². The van der Waals surface area contributed by atoms with Gasteiger partial charge in [0.2, 0.25) is 0 Å². The van der Waals surface area contributed by atoms with Gasteiger partial charge in [-0.25, -0.2) is 4.98 Å². The van der Waals surface area contributed by atoms with Crippen molar-refractivity contribution >= 4 is 23.5 Å². The first-order valence-electron chi connectivity index (χ1n) is 5.97. The van der Waals surface area contributed by atoms with E-state index in [9.17, 15) is 18.0 Å². The van der Waals surface area contributed by atoms with E-state index in [4.69, 9.17) is 5.11 Å². The van der Waals surface area contributed by atoms with Crippen LogP contribution in [0.15, 0.2) is 18.3 Å². The van der Waals surface area contributed by atoms with Crippen LogP contribution in [0, 0.1) is 0 Å². The number of thioether (sulfide) groups is 1. The molecule has 0 bridgehead atoms. The molecule has 0 aliphatic carbocycles. The maximum Gasteiger partial charge on any atom is 0.416 e. The van der Waals surface area contributed by atoms with Crippen molar-refractivity contribution in [1.82, 2.24) is 4.98 Å². The molecule has 1 aliphatic heterocycles. The Bertz CT molecular complexity index is 496. The van der Waals surface area contributed by atoms with Crippen LogP contribution >= 0.6 is 11.8 Å². The monoisotopic (exact) mass is 306 g/mol. The molecule has 1 atom stereocenters. The molecule has 2 rings (SSSR count). The Morgan fingerprint density at radius 3 is 2.95 bits per heavy atom. The number of carboxylic acid groups (broad SMARTS) is 1. The molecule has 2 heterocycles. The summed E-state index contributed by atoms with van der Waals surface area (Å²) < 4.78 is 38.1. The first-order chi connectivity index (χ1) is 9.38. The maximum atomic E-state index is 12.7. The second kappa shape index (κ2) is 5.90. The smallest absolute Gasteiger partial charge is 0.416 e. The summed E-state index contributed by atoms with van der Waals surface area (Å²) in [4.78, 5) is 16.4. The van der Waals surface area contributed by atoms with E-state index in [-0.39, 0.29) is 18.3 Å². The summed E-state index contributed by atoms with van der Waals surface area (Å²) >= 11 is 1.60. The Morgan fingerprint density at radius 1 is 1.55 bits per heavy atom. The summed E-state index contributed by atoms with van der Waals surface area (Å²) in [5.41, 5.74) is -0.769. The molecule has 1 unspecified atom stereocenters. The normalized spacial score (nSPS) is 19.9. The molecular formula is C12H13F3N2O2S. The molecule has 0 radical (unpaired) electrons. The summed E-state index contributed by atoms with van der Waals surface area (Å²) in [5.74, 6) is 0.541. The van der Waals surface area contributed by atoms with Crippen molar-refractivity contribution in [1.29, 1.82) is 0 Å². The standard InChI is InChI=1S/C12H13F3N2O2S/c13-12(14,15)8-1-2-16-10(5-8)17-3-4-20-7-9(17)6-11(18)19/h1-2,5,9H,3-4,6-7H2,(H,18,19). The minimum atomic E-state index is -4.43. The van der Waals surface area contributed by atoms with E-state index < -0.39 is 17.7 Å². The lowest BCUT2D eigenvalue weighted by Crippen LogP contribution is -2.44. The van der Waals surface area contributed by atoms with Gasteiger partial charge in [-0.05, 0) is 12.1 Å². The average Bonchev–Trinajstić information content (AvgIpc) is 2.38. The van der Waals surface area contributed by atoms with Gasteiger partial charge in [0.1, 0.15) is 5.82 Å². The lowest BCUT2D eigenvalue weighted by atomic mass is 10.1. The molecule has 1 aromatic heterocycles. The van der Waals surface area contributed by atoms with Gasteiger partial charge in [-0.3, -0.25) is 4.79 Å². The highest BCUT2D eigenvalue weighted by Gasteiger charge is 2.32. The third-order valence-electron chi connectivity index (χ3n) is 3.00. The Morgan fingerprint density at radius 2 is 2.30 bits per heavy atom. The highest BCUT2D eigenvalue weighted by atomic mass is 32.2. The molecule has 0 saturated carbocycles. The molecule has 1 fully saturated rings.